The lowest BCUT2D eigenvalue weighted by molar-refractivity contribution is 0.0793. The van der Waals surface area contributed by atoms with Gasteiger partial charge in [-0.1, -0.05) is 13.8 Å². The zero-order valence-corrected chi connectivity index (χ0v) is 10.00. The summed E-state index contributed by atoms with van der Waals surface area (Å²) < 4.78 is 23.4. The van der Waals surface area contributed by atoms with Gasteiger partial charge < -0.3 is 9.47 Å². The van der Waals surface area contributed by atoms with Crippen LogP contribution in [-0.4, -0.2) is 29.8 Å². The van der Waals surface area contributed by atoms with E-state index in [1.165, 1.54) is 0 Å². The number of nitrogens with zero attached hydrogens (tertiary/aromatic N) is 2. The van der Waals surface area contributed by atoms with Crippen molar-refractivity contribution in [1.29, 1.82) is 0 Å². The molecule has 0 N–H and O–H groups in total. The van der Waals surface area contributed by atoms with Crippen LogP contribution in [0.4, 0.5) is 4.39 Å². The Morgan fingerprint density at radius 3 is 2.88 bits per heavy atom. The molecule has 0 saturated carbocycles. The lowest BCUT2D eigenvalue weighted by Gasteiger charge is -2.08. The Kier molecular flexibility index (Phi) is 5.42. The molecule has 0 radical (unpaired) electrons. The molecule has 16 heavy (non-hydrogen) atoms. The number of rotatable bonds is 6. The van der Waals surface area contributed by atoms with E-state index >= 15 is 0 Å². The molecule has 4 nitrogen and oxygen atoms in total. The fourth-order valence-electron chi connectivity index (χ4n) is 0.949. The first-order valence-electron chi connectivity index (χ1n) is 4.98. The highest BCUT2D eigenvalue weighted by molar-refractivity contribution is 6.28. The third-order valence-electron chi connectivity index (χ3n) is 1.60. The van der Waals surface area contributed by atoms with E-state index in [2.05, 4.69) is 9.97 Å². The first kappa shape index (κ1) is 13.1. The van der Waals surface area contributed by atoms with Gasteiger partial charge in [0.05, 0.1) is 12.8 Å². The number of ether oxygens (including phenoxy) is 2. The van der Waals surface area contributed by atoms with Crippen molar-refractivity contribution in [1.82, 2.24) is 9.97 Å². The molecular weight excluding hydrogens is 235 g/mol. The third kappa shape index (κ3) is 4.72. The molecule has 0 spiro atoms. The Morgan fingerprint density at radius 2 is 2.19 bits per heavy atom. The van der Waals surface area contributed by atoms with Gasteiger partial charge in [-0.05, 0) is 17.5 Å². The summed E-state index contributed by atoms with van der Waals surface area (Å²) in [6, 6.07) is 0. The van der Waals surface area contributed by atoms with Crippen molar-refractivity contribution in [3.63, 3.8) is 0 Å². The lowest BCUT2D eigenvalue weighted by atomic mass is 10.2. The highest BCUT2D eigenvalue weighted by atomic mass is 35.5. The van der Waals surface area contributed by atoms with Gasteiger partial charge in [0, 0.05) is 6.61 Å². The Labute approximate surface area is 98.8 Å². The highest BCUT2D eigenvalue weighted by Crippen LogP contribution is 2.14. The number of halogens is 2. The second-order valence-electron chi connectivity index (χ2n) is 3.61. The van der Waals surface area contributed by atoms with Crippen molar-refractivity contribution in [2.45, 2.75) is 13.8 Å². The van der Waals surface area contributed by atoms with Crippen LogP contribution < -0.4 is 4.74 Å². The number of hydrogen-bond acceptors (Lipinski definition) is 4. The summed E-state index contributed by atoms with van der Waals surface area (Å²) in [5.74, 6) is -0.313. The zero-order valence-electron chi connectivity index (χ0n) is 9.24. The summed E-state index contributed by atoms with van der Waals surface area (Å²) in [6.07, 6.45) is 0.972. The fourth-order valence-corrected chi connectivity index (χ4v) is 1.07. The molecular formula is C10H14ClFN2O2. The summed E-state index contributed by atoms with van der Waals surface area (Å²) in [7, 11) is 0. The van der Waals surface area contributed by atoms with Crippen molar-refractivity contribution in [3.8, 4) is 5.88 Å². The molecule has 90 valence electrons. The summed E-state index contributed by atoms with van der Waals surface area (Å²) in [5, 5.41) is -0.0421. The first-order chi connectivity index (χ1) is 7.59. The molecule has 0 aliphatic carbocycles. The fraction of sp³-hybridized carbons (Fsp3) is 0.600. The molecule has 6 heteroatoms. The first-order valence-corrected chi connectivity index (χ1v) is 5.36. The maximum atomic E-state index is 13.1. The van der Waals surface area contributed by atoms with Gasteiger partial charge in [0.2, 0.25) is 11.1 Å². The van der Waals surface area contributed by atoms with Gasteiger partial charge in [-0.2, -0.15) is 9.37 Å². The molecule has 1 aromatic rings. The van der Waals surface area contributed by atoms with E-state index in [1.54, 1.807) is 0 Å². The van der Waals surface area contributed by atoms with Crippen LogP contribution in [0, 0.1) is 11.7 Å². The van der Waals surface area contributed by atoms with E-state index in [9.17, 15) is 4.39 Å². The van der Waals surface area contributed by atoms with Crippen molar-refractivity contribution in [3.05, 3.63) is 17.3 Å². The van der Waals surface area contributed by atoms with Gasteiger partial charge in [0.25, 0.3) is 5.88 Å². The second-order valence-corrected chi connectivity index (χ2v) is 3.95. The van der Waals surface area contributed by atoms with E-state index in [-0.39, 0.29) is 17.8 Å². The van der Waals surface area contributed by atoms with E-state index in [0.29, 0.717) is 19.1 Å². The van der Waals surface area contributed by atoms with Gasteiger partial charge in [-0.15, -0.1) is 0 Å². The molecule has 1 aromatic heterocycles. The van der Waals surface area contributed by atoms with Gasteiger partial charge in [-0.25, -0.2) is 4.98 Å². The molecule has 0 aromatic carbocycles. The molecule has 0 bridgehead atoms. The molecule has 0 aliphatic rings. The van der Waals surface area contributed by atoms with Crippen molar-refractivity contribution in [2.75, 3.05) is 19.8 Å². The van der Waals surface area contributed by atoms with Crippen LogP contribution in [0.5, 0.6) is 5.88 Å². The van der Waals surface area contributed by atoms with Gasteiger partial charge in [-0.3, -0.25) is 0 Å². The van der Waals surface area contributed by atoms with Crippen LogP contribution >= 0.6 is 11.6 Å². The zero-order chi connectivity index (χ0) is 12.0. The minimum atomic E-state index is -0.631. The maximum Gasteiger partial charge on any atom is 0.254 e. The lowest BCUT2D eigenvalue weighted by Crippen LogP contribution is -2.11. The highest BCUT2D eigenvalue weighted by Gasteiger charge is 2.06. The third-order valence-corrected chi connectivity index (χ3v) is 1.78. The standard InChI is InChI=1S/C10H14ClFN2O2/c1-7(2)6-15-3-4-16-9-8(12)5-13-10(11)14-9/h5,7H,3-4,6H2,1-2H3. The van der Waals surface area contributed by atoms with Crippen LogP contribution in [0.3, 0.4) is 0 Å². The molecule has 0 atom stereocenters. The van der Waals surface area contributed by atoms with E-state index in [0.717, 1.165) is 6.20 Å². The largest absolute Gasteiger partial charge is 0.473 e. The SMILES string of the molecule is CC(C)COCCOc1nc(Cl)ncc1F. The minimum Gasteiger partial charge on any atom is -0.473 e. The topological polar surface area (TPSA) is 44.2 Å². The van der Waals surface area contributed by atoms with E-state index in [1.807, 2.05) is 13.8 Å². The normalized spacial score (nSPS) is 10.8. The predicted molar refractivity (Wildman–Crippen MR) is 58.2 cm³/mol. The molecule has 0 unspecified atom stereocenters. The smallest absolute Gasteiger partial charge is 0.254 e. The van der Waals surface area contributed by atoms with Crippen LogP contribution in [0.15, 0.2) is 6.20 Å². The van der Waals surface area contributed by atoms with Crippen molar-refractivity contribution >= 4 is 11.6 Å². The van der Waals surface area contributed by atoms with Crippen LogP contribution in [-0.2, 0) is 4.74 Å². The van der Waals surface area contributed by atoms with Crippen LogP contribution in [0.2, 0.25) is 5.28 Å². The van der Waals surface area contributed by atoms with E-state index < -0.39 is 5.82 Å². The predicted octanol–water partition coefficient (Wildman–Crippen LogP) is 2.32. The molecule has 0 saturated heterocycles. The average molecular weight is 249 g/mol. The summed E-state index contributed by atoms with van der Waals surface area (Å²) >= 11 is 5.50. The molecule has 1 rings (SSSR count). The average Bonchev–Trinajstić information content (AvgIpc) is 2.22. The molecule has 0 aliphatic heterocycles. The van der Waals surface area contributed by atoms with Crippen molar-refractivity contribution in [2.24, 2.45) is 5.92 Å². The van der Waals surface area contributed by atoms with Gasteiger partial charge in [0.1, 0.15) is 6.61 Å². The van der Waals surface area contributed by atoms with E-state index in [4.69, 9.17) is 21.1 Å². The molecule has 0 amide bonds. The molecule has 1 heterocycles. The summed E-state index contributed by atoms with van der Waals surface area (Å²) in [5.41, 5.74) is 0. The Balaban J connectivity index is 2.29. The monoisotopic (exact) mass is 248 g/mol. The van der Waals surface area contributed by atoms with Gasteiger partial charge >= 0.3 is 0 Å². The molecule has 0 fully saturated rings. The number of hydrogen-bond donors (Lipinski definition) is 0. The minimum absolute atomic E-state index is 0.0421. The maximum absolute atomic E-state index is 13.1. The summed E-state index contributed by atoms with van der Waals surface area (Å²) in [6.45, 7) is 5.36. The Hall–Kier alpha value is -0.940. The van der Waals surface area contributed by atoms with Crippen LogP contribution in [0.25, 0.3) is 0 Å². The number of aromatic nitrogens is 2. The van der Waals surface area contributed by atoms with Crippen molar-refractivity contribution < 1.29 is 13.9 Å². The quantitative estimate of drug-likeness (QED) is 0.573. The second kappa shape index (κ2) is 6.60. The van der Waals surface area contributed by atoms with Crippen LogP contribution in [0.1, 0.15) is 13.8 Å². The summed E-state index contributed by atoms with van der Waals surface area (Å²) in [4.78, 5) is 7.08. The van der Waals surface area contributed by atoms with Gasteiger partial charge in [0.15, 0.2) is 0 Å². The Morgan fingerprint density at radius 1 is 1.44 bits per heavy atom. The Bertz CT molecular complexity index is 337.